The van der Waals surface area contributed by atoms with Crippen LogP contribution >= 0.6 is 22.7 Å². The van der Waals surface area contributed by atoms with Gasteiger partial charge in [-0.2, -0.15) is 0 Å². The lowest BCUT2D eigenvalue weighted by Gasteiger charge is -2.42. The average Bonchev–Trinajstić information content (AvgIpc) is 4.13. The second-order valence-electron chi connectivity index (χ2n) is 17.8. The van der Waals surface area contributed by atoms with Crippen LogP contribution in [0.25, 0.3) is 51.1 Å². The standard InChI is InChI=1S/C54H42N2S2Si2/c1-2-16-38-37(15-1)51-39-27-25-35(55-41-17-3-7-21-47(41)59(29-11-12-30-59)48-22-8-4-18-42(48)55)33-45(39)57-53(51)54-52(38)40-28-26-36(34-46(40)58-54)56-43-19-5-9-23-49(43)60(31-13-14-32-60)50-24-10-6-20-44(50)56/h1-10,15-28,33-34H,11-14,29-32H2. The van der Waals surface area contributed by atoms with E-state index in [1.807, 2.05) is 22.7 Å². The molecule has 2 fully saturated rings. The van der Waals surface area contributed by atoms with E-state index in [0.717, 1.165) is 0 Å². The summed E-state index contributed by atoms with van der Waals surface area (Å²) < 4.78 is 5.55. The molecule has 4 aliphatic rings. The van der Waals surface area contributed by atoms with Gasteiger partial charge in [0.15, 0.2) is 0 Å². The maximum Gasteiger partial charge on any atom is 0.123 e. The molecule has 2 saturated heterocycles. The summed E-state index contributed by atoms with van der Waals surface area (Å²) >= 11 is 3.98. The molecule has 4 aliphatic heterocycles. The number of rotatable bonds is 2. The van der Waals surface area contributed by atoms with Crippen molar-refractivity contribution in [3.8, 4) is 0 Å². The summed E-state index contributed by atoms with van der Waals surface area (Å²) in [6, 6.07) is 66.9. The Hall–Kier alpha value is -5.51. The van der Waals surface area contributed by atoms with E-state index in [9.17, 15) is 0 Å². The minimum Gasteiger partial charge on any atom is -0.311 e. The van der Waals surface area contributed by atoms with Crippen molar-refractivity contribution in [2.45, 2.75) is 49.9 Å². The summed E-state index contributed by atoms with van der Waals surface area (Å²) in [7, 11) is -3.58. The molecule has 2 spiro atoms. The van der Waals surface area contributed by atoms with Crippen LogP contribution in [0.5, 0.6) is 0 Å². The van der Waals surface area contributed by atoms with Crippen LogP contribution in [0.1, 0.15) is 25.7 Å². The molecule has 0 atom stereocenters. The van der Waals surface area contributed by atoms with Gasteiger partial charge in [0, 0.05) is 65.1 Å². The minimum absolute atomic E-state index is 1.27. The molecule has 288 valence electrons. The summed E-state index contributed by atoms with van der Waals surface area (Å²) in [5, 5.41) is 14.8. The molecule has 2 nitrogen and oxygen atoms in total. The average molecular weight is 839 g/mol. The van der Waals surface area contributed by atoms with E-state index in [2.05, 4.69) is 168 Å². The van der Waals surface area contributed by atoms with Crippen molar-refractivity contribution in [1.29, 1.82) is 0 Å². The predicted molar refractivity (Wildman–Crippen MR) is 267 cm³/mol. The monoisotopic (exact) mass is 838 g/mol. The maximum absolute atomic E-state index is 2.59. The molecule has 8 aromatic carbocycles. The molecule has 0 radical (unpaired) electrons. The van der Waals surface area contributed by atoms with Gasteiger partial charge in [-0.05, 0) is 104 Å². The first-order valence-corrected chi connectivity index (χ1v) is 28.4. The van der Waals surface area contributed by atoms with Gasteiger partial charge in [-0.25, -0.2) is 0 Å². The van der Waals surface area contributed by atoms with Crippen molar-refractivity contribution in [1.82, 2.24) is 0 Å². The van der Waals surface area contributed by atoms with E-state index in [1.54, 1.807) is 20.7 Å². The van der Waals surface area contributed by atoms with E-state index in [-0.39, 0.29) is 0 Å². The van der Waals surface area contributed by atoms with Crippen LogP contribution in [-0.4, -0.2) is 16.1 Å². The summed E-state index contributed by atoms with van der Waals surface area (Å²) in [5.74, 6) is 0. The number of thiophene rings is 2. The Labute approximate surface area is 360 Å². The van der Waals surface area contributed by atoms with Crippen molar-refractivity contribution in [3.63, 3.8) is 0 Å². The molecular formula is C54H42N2S2Si2. The Morgan fingerprint density at radius 2 is 0.683 bits per heavy atom. The molecule has 0 amide bonds. The van der Waals surface area contributed by atoms with Crippen molar-refractivity contribution in [2.24, 2.45) is 0 Å². The molecule has 6 heterocycles. The van der Waals surface area contributed by atoms with Gasteiger partial charge < -0.3 is 9.80 Å². The quantitative estimate of drug-likeness (QED) is 0.160. The molecular weight excluding hydrogens is 797 g/mol. The number of anilines is 6. The molecule has 6 heteroatoms. The zero-order valence-electron chi connectivity index (χ0n) is 33.4. The Kier molecular flexibility index (Phi) is 7.14. The van der Waals surface area contributed by atoms with Gasteiger partial charge in [0.25, 0.3) is 0 Å². The van der Waals surface area contributed by atoms with Crippen molar-refractivity contribution in [2.75, 3.05) is 9.80 Å². The van der Waals surface area contributed by atoms with Crippen LogP contribution in [0, 0.1) is 0 Å². The molecule has 0 saturated carbocycles. The van der Waals surface area contributed by atoms with E-state index < -0.39 is 16.1 Å². The number of nitrogens with zero attached hydrogens (tertiary/aromatic N) is 2. The van der Waals surface area contributed by atoms with Gasteiger partial charge in [0.1, 0.15) is 16.1 Å². The van der Waals surface area contributed by atoms with Gasteiger partial charge in [0.2, 0.25) is 0 Å². The minimum atomic E-state index is -1.79. The Bertz CT molecular complexity index is 3110. The van der Waals surface area contributed by atoms with Crippen LogP contribution in [0.2, 0.25) is 24.2 Å². The number of para-hydroxylation sites is 4. The summed E-state index contributed by atoms with van der Waals surface area (Å²) in [4.78, 5) is 5.18. The summed E-state index contributed by atoms with van der Waals surface area (Å²) in [6.45, 7) is 0. The highest BCUT2D eigenvalue weighted by molar-refractivity contribution is 7.34. The van der Waals surface area contributed by atoms with E-state index in [0.29, 0.717) is 0 Å². The smallest absolute Gasteiger partial charge is 0.123 e. The van der Waals surface area contributed by atoms with Crippen molar-refractivity contribution in [3.05, 3.63) is 158 Å². The largest absolute Gasteiger partial charge is 0.311 e. The third-order valence-corrected chi connectivity index (χ3v) is 28.2. The van der Waals surface area contributed by atoms with Crippen LogP contribution in [-0.2, 0) is 0 Å². The lowest BCUT2D eigenvalue weighted by molar-refractivity contribution is 0.935. The highest BCUT2D eigenvalue weighted by Crippen LogP contribution is 2.52. The zero-order valence-corrected chi connectivity index (χ0v) is 37.0. The third kappa shape index (κ3) is 4.42. The highest BCUT2D eigenvalue weighted by atomic mass is 32.1. The fraction of sp³-hybridized carbons (Fsp3) is 0.148. The normalized spacial score (nSPS) is 17.3. The fourth-order valence-corrected chi connectivity index (χ4v) is 26.4. The molecule has 0 aliphatic carbocycles. The van der Waals surface area contributed by atoms with Crippen LogP contribution in [0.4, 0.5) is 34.1 Å². The first-order chi connectivity index (χ1) is 29.7. The lowest BCUT2D eigenvalue weighted by Crippen LogP contribution is -2.60. The second-order valence-corrected chi connectivity index (χ2v) is 28.4. The van der Waals surface area contributed by atoms with Crippen LogP contribution in [0.15, 0.2) is 158 Å². The number of hydrogen-bond acceptors (Lipinski definition) is 4. The molecule has 0 unspecified atom stereocenters. The number of fused-ring (bicyclic) bond motifs is 18. The van der Waals surface area contributed by atoms with Gasteiger partial charge in [-0.15, -0.1) is 22.7 Å². The van der Waals surface area contributed by atoms with Gasteiger partial charge in [-0.3, -0.25) is 0 Å². The third-order valence-electron chi connectivity index (χ3n) is 15.1. The Balaban J connectivity index is 0.969. The first-order valence-electron chi connectivity index (χ1n) is 21.9. The van der Waals surface area contributed by atoms with Crippen LogP contribution < -0.4 is 30.5 Å². The fourth-order valence-electron chi connectivity index (χ4n) is 12.7. The lowest BCUT2D eigenvalue weighted by atomic mass is 9.99. The van der Waals surface area contributed by atoms with E-state index in [4.69, 9.17) is 0 Å². The molecule has 10 aromatic rings. The first kappa shape index (κ1) is 34.2. The molecule has 2 aromatic heterocycles. The predicted octanol–water partition coefficient (Wildman–Crippen LogP) is 13.9. The van der Waals surface area contributed by atoms with Gasteiger partial charge in [0.05, 0.1) is 9.40 Å². The number of hydrogen-bond donors (Lipinski definition) is 0. The number of benzene rings is 8. The van der Waals surface area contributed by atoms with E-state index in [1.165, 1.54) is 135 Å². The Morgan fingerprint density at radius 1 is 0.350 bits per heavy atom. The zero-order chi connectivity index (χ0) is 39.2. The maximum atomic E-state index is 2.59. The molecule has 14 rings (SSSR count). The summed E-state index contributed by atoms with van der Waals surface area (Å²) in [5.41, 5.74) is 8.14. The second kappa shape index (κ2) is 12.5. The SMILES string of the molecule is c1ccc2c(c1)N(c1ccc3c(c1)sc1c4sc5cc(N6c7ccccc7[Si]7(CCCC7)c7ccccc76)ccc5c4c4ccccc4c31)c1ccccc1[Si]21CCCC1. The van der Waals surface area contributed by atoms with Crippen molar-refractivity contribution < 1.29 is 0 Å². The topological polar surface area (TPSA) is 6.48 Å². The highest BCUT2D eigenvalue weighted by Gasteiger charge is 2.48. The summed E-state index contributed by atoms with van der Waals surface area (Å²) in [6.07, 6.45) is 5.41. The van der Waals surface area contributed by atoms with Crippen LogP contribution in [0.3, 0.4) is 0 Å². The Morgan fingerprint density at radius 3 is 1.05 bits per heavy atom. The van der Waals surface area contributed by atoms with E-state index >= 15 is 0 Å². The van der Waals surface area contributed by atoms with Gasteiger partial charge in [-0.1, -0.05) is 135 Å². The van der Waals surface area contributed by atoms with Gasteiger partial charge >= 0.3 is 0 Å². The molecule has 0 bridgehead atoms. The van der Waals surface area contributed by atoms with Crippen molar-refractivity contribution >= 4 is 145 Å². The molecule has 60 heavy (non-hydrogen) atoms. The molecule has 0 N–H and O–H groups in total.